The Morgan fingerprint density at radius 3 is 2.38 bits per heavy atom. The molecule has 0 heterocycles. The summed E-state index contributed by atoms with van der Waals surface area (Å²) in [4.78, 5) is 35.8. The zero-order valence-corrected chi connectivity index (χ0v) is 15.0. The smallest absolute Gasteiger partial charge is 0.313 e. The standard InChI is InChI=1S/C19H25FN2O4/c1-26-18(25)19(10-2-3-11-19)13-22-16(23)5-4-12-21-17(24)14-6-8-15(20)9-7-14/h6-9H,2-5,10-13H2,1H3,(H,21,24)(H,22,23). The topological polar surface area (TPSA) is 84.5 Å². The van der Waals surface area contributed by atoms with Crippen molar-refractivity contribution in [1.82, 2.24) is 10.6 Å². The molecule has 0 aromatic heterocycles. The highest BCUT2D eigenvalue weighted by atomic mass is 19.1. The first-order valence-electron chi connectivity index (χ1n) is 8.86. The monoisotopic (exact) mass is 364 g/mol. The van der Waals surface area contributed by atoms with E-state index < -0.39 is 11.2 Å². The summed E-state index contributed by atoms with van der Waals surface area (Å²) < 4.78 is 17.7. The van der Waals surface area contributed by atoms with Crippen LogP contribution in [-0.4, -0.2) is 38.0 Å². The van der Waals surface area contributed by atoms with Gasteiger partial charge < -0.3 is 15.4 Å². The van der Waals surface area contributed by atoms with Gasteiger partial charge in [-0.1, -0.05) is 12.8 Å². The molecule has 0 spiro atoms. The van der Waals surface area contributed by atoms with Crippen molar-refractivity contribution >= 4 is 17.8 Å². The third-order valence-electron chi connectivity index (χ3n) is 4.78. The molecular weight excluding hydrogens is 339 g/mol. The number of hydrogen-bond acceptors (Lipinski definition) is 4. The van der Waals surface area contributed by atoms with Crippen molar-refractivity contribution in [2.45, 2.75) is 38.5 Å². The molecule has 1 aromatic carbocycles. The van der Waals surface area contributed by atoms with Crippen LogP contribution in [0.1, 0.15) is 48.9 Å². The second-order valence-electron chi connectivity index (χ2n) is 6.62. The first kappa shape index (κ1) is 19.9. The Morgan fingerprint density at radius 2 is 1.77 bits per heavy atom. The third-order valence-corrected chi connectivity index (χ3v) is 4.78. The lowest BCUT2D eigenvalue weighted by atomic mass is 9.86. The van der Waals surface area contributed by atoms with E-state index in [0.29, 0.717) is 25.1 Å². The van der Waals surface area contributed by atoms with E-state index in [4.69, 9.17) is 4.74 Å². The number of hydrogen-bond donors (Lipinski definition) is 2. The molecule has 142 valence electrons. The number of rotatable bonds is 8. The lowest BCUT2D eigenvalue weighted by Crippen LogP contribution is -2.42. The summed E-state index contributed by atoms with van der Waals surface area (Å²) in [5.41, 5.74) is -0.224. The minimum absolute atomic E-state index is 0.156. The fourth-order valence-electron chi connectivity index (χ4n) is 3.23. The van der Waals surface area contributed by atoms with Gasteiger partial charge in [-0.2, -0.15) is 0 Å². The highest BCUT2D eigenvalue weighted by molar-refractivity contribution is 5.94. The molecule has 1 fully saturated rings. The van der Waals surface area contributed by atoms with E-state index in [1.165, 1.54) is 31.4 Å². The summed E-state index contributed by atoms with van der Waals surface area (Å²) in [7, 11) is 1.37. The quantitative estimate of drug-likeness (QED) is 0.547. The van der Waals surface area contributed by atoms with Crippen LogP contribution in [0.15, 0.2) is 24.3 Å². The molecule has 0 unspecified atom stereocenters. The maximum Gasteiger partial charge on any atom is 0.313 e. The summed E-state index contributed by atoms with van der Waals surface area (Å²) in [5, 5.41) is 5.50. The SMILES string of the molecule is COC(=O)C1(CNC(=O)CCCNC(=O)c2ccc(F)cc2)CCCC1. The Balaban J connectivity index is 1.68. The van der Waals surface area contributed by atoms with Crippen LogP contribution in [0.2, 0.25) is 0 Å². The van der Waals surface area contributed by atoms with E-state index in [1.807, 2.05) is 0 Å². The molecule has 1 saturated carbocycles. The Labute approximate surface area is 152 Å². The van der Waals surface area contributed by atoms with E-state index in [-0.39, 0.29) is 24.2 Å². The van der Waals surface area contributed by atoms with Crippen LogP contribution in [0.5, 0.6) is 0 Å². The van der Waals surface area contributed by atoms with Crippen molar-refractivity contribution in [3.05, 3.63) is 35.6 Å². The van der Waals surface area contributed by atoms with Crippen LogP contribution in [0, 0.1) is 11.2 Å². The van der Waals surface area contributed by atoms with Crippen LogP contribution in [-0.2, 0) is 14.3 Å². The largest absolute Gasteiger partial charge is 0.469 e. The summed E-state index contributed by atoms with van der Waals surface area (Å²) in [5.74, 6) is -1.12. The molecule has 0 bridgehead atoms. The second-order valence-corrected chi connectivity index (χ2v) is 6.62. The van der Waals surface area contributed by atoms with Crippen LogP contribution in [0.25, 0.3) is 0 Å². The number of ether oxygens (including phenoxy) is 1. The molecule has 0 saturated heterocycles. The normalized spacial score (nSPS) is 15.3. The number of nitrogens with one attached hydrogen (secondary N) is 2. The van der Waals surface area contributed by atoms with E-state index in [0.717, 1.165) is 25.7 Å². The van der Waals surface area contributed by atoms with Crippen molar-refractivity contribution < 1.29 is 23.5 Å². The number of esters is 1. The zero-order valence-electron chi connectivity index (χ0n) is 15.0. The second kappa shape index (κ2) is 9.31. The van der Waals surface area contributed by atoms with Gasteiger partial charge in [0.25, 0.3) is 5.91 Å². The minimum atomic E-state index is -0.596. The molecule has 1 aliphatic rings. The molecule has 26 heavy (non-hydrogen) atoms. The van der Waals surface area contributed by atoms with Crippen LogP contribution in [0.3, 0.4) is 0 Å². The predicted octanol–water partition coefficient (Wildman–Crippen LogP) is 2.19. The van der Waals surface area contributed by atoms with Gasteiger partial charge in [0.2, 0.25) is 5.91 Å². The fourth-order valence-corrected chi connectivity index (χ4v) is 3.23. The predicted molar refractivity (Wildman–Crippen MR) is 93.9 cm³/mol. The van der Waals surface area contributed by atoms with Gasteiger partial charge in [0, 0.05) is 25.1 Å². The van der Waals surface area contributed by atoms with Crippen molar-refractivity contribution in [2.75, 3.05) is 20.2 Å². The van der Waals surface area contributed by atoms with E-state index in [1.54, 1.807) is 0 Å². The van der Waals surface area contributed by atoms with Crippen molar-refractivity contribution in [3.8, 4) is 0 Å². The molecule has 2 amide bonds. The van der Waals surface area contributed by atoms with Crippen molar-refractivity contribution in [1.29, 1.82) is 0 Å². The lowest BCUT2D eigenvalue weighted by Gasteiger charge is -2.25. The zero-order chi connectivity index (χ0) is 19.0. The van der Waals surface area contributed by atoms with E-state index >= 15 is 0 Å². The van der Waals surface area contributed by atoms with Gasteiger partial charge in [-0.25, -0.2) is 4.39 Å². The van der Waals surface area contributed by atoms with Crippen LogP contribution >= 0.6 is 0 Å². The number of carbonyl (C=O) groups is 3. The first-order valence-corrected chi connectivity index (χ1v) is 8.86. The highest BCUT2D eigenvalue weighted by Gasteiger charge is 2.42. The fraction of sp³-hybridized carbons (Fsp3) is 0.526. The average Bonchev–Trinajstić information content (AvgIpc) is 3.13. The highest BCUT2D eigenvalue weighted by Crippen LogP contribution is 2.38. The Bertz CT molecular complexity index is 639. The molecule has 1 aromatic rings. The number of benzene rings is 1. The minimum Gasteiger partial charge on any atom is -0.469 e. The molecule has 0 radical (unpaired) electrons. The van der Waals surface area contributed by atoms with Gasteiger partial charge in [-0.3, -0.25) is 14.4 Å². The summed E-state index contributed by atoms with van der Waals surface area (Å²) in [6, 6.07) is 5.27. The first-order chi connectivity index (χ1) is 12.5. The van der Waals surface area contributed by atoms with Gasteiger partial charge in [-0.15, -0.1) is 0 Å². The van der Waals surface area contributed by atoms with E-state index in [2.05, 4.69) is 10.6 Å². The Morgan fingerprint density at radius 1 is 1.12 bits per heavy atom. The molecule has 6 nitrogen and oxygen atoms in total. The molecule has 2 rings (SSSR count). The summed E-state index contributed by atoms with van der Waals surface area (Å²) >= 11 is 0. The van der Waals surface area contributed by atoms with Gasteiger partial charge >= 0.3 is 5.97 Å². The number of carbonyl (C=O) groups excluding carboxylic acids is 3. The lowest BCUT2D eigenvalue weighted by molar-refractivity contribution is -0.152. The van der Waals surface area contributed by atoms with Gasteiger partial charge in [0.1, 0.15) is 5.82 Å². The van der Waals surface area contributed by atoms with Crippen molar-refractivity contribution in [2.24, 2.45) is 5.41 Å². The number of methoxy groups -OCH3 is 1. The average molecular weight is 364 g/mol. The number of amides is 2. The molecule has 2 N–H and O–H groups in total. The Kier molecular flexibility index (Phi) is 7.12. The molecule has 7 heteroatoms. The summed E-state index contributed by atoms with van der Waals surface area (Å²) in [6.45, 7) is 0.631. The van der Waals surface area contributed by atoms with Gasteiger partial charge in [0.05, 0.1) is 12.5 Å². The number of halogens is 1. The van der Waals surface area contributed by atoms with Crippen LogP contribution in [0.4, 0.5) is 4.39 Å². The van der Waals surface area contributed by atoms with Crippen LogP contribution < -0.4 is 10.6 Å². The molecule has 0 atom stereocenters. The van der Waals surface area contributed by atoms with Gasteiger partial charge in [0.15, 0.2) is 0 Å². The molecule has 1 aliphatic carbocycles. The third kappa shape index (κ3) is 5.28. The van der Waals surface area contributed by atoms with Crippen molar-refractivity contribution in [3.63, 3.8) is 0 Å². The maximum atomic E-state index is 12.8. The maximum absolute atomic E-state index is 12.8. The Hall–Kier alpha value is -2.44. The molecular formula is C19H25FN2O4. The summed E-state index contributed by atoms with van der Waals surface area (Å²) in [6.07, 6.45) is 4.10. The van der Waals surface area contributed by atoms with Gasteiger partial charge in [-0.05, 0) is 43.5 Å². The molecule has 0 aliphatic heterocycles. The van der Waals surface area contributed by atoms with E-state index in [9.17, 15) is 18.8 Å².